The fraction of sp³-hybridized carbons (Fsp3) is 0.917. The highest BCUT2D eigenvalue weighted by molar-refractivity contribution is 5.74. The first-order valence-corrected chi connectivity index (χ1v) is 6.37. The van der Waals surface area contributed by atoms with E-state index in [-0.39, 0.29) is 6.03 Å². The van der Waals surface area contributed by atoms with E-state index in [1.165, 1.54) is 32.1 Å². The Kier molecular flexibility index (Phi) is 6.21. The standard InChI is InChI=1S/C12H24N2O/c1-2-3-4-5-6-7-10-14-11-8-9-13-12(14)15/h2-11H2,1H3,(H,13,15). The second-order valence-corrected chi connectivity index (χ2v) is 4.34. The predicted octanol–water partition coefficient (Wildman–Crippen LogP) is 2.76. The molecular weight excluding hydrogens is 188 g/mol. The summed E-state index contributed by atoms with van der Waals surface area (Å²) in [5, 5.41) is 2.88. The molecule has 1 rings (SSSR count). The monoisotopic (exact) mass is 212 g/mol. The van der Waals surface area contributed by atoms with E-state index >= 15 is 0 Å². The van der Waals surface area contributed by atoms with Gasteiger partial charge in [-0.25, -0.2) is 4.79 Å². The molecule has 0 aromatic carbocycles. The van der Waals surface area contributed by atoms with Gasteiger partial charge >= 0.3 is 6.03 Å². The molecule has 1 heterocycles. The quantitative estimate of drug-likeness (QED) is 0.647. The molecule has 0 aromatic heterocycles. The first kappa shape index (κ1) is 12.3. The summed E-state index contributed by atoms with van der Waals surface area (Å²) in [4.78, 5) is 13.3. The van der Waals surface area contributed by atoms with Gasteiger partial charge in [0, 0.05) is 19.6 Å². The van der Waals surface area contributed by atoms with Crippen LogP contribution in [0.1, 0.15) is 51.9 Å². The third-order valence-corrected chi connectivity index (χ3v) is 2.95. The molecule has 1 fully saturated rings. The van der Waals surface area contributed by atoms with E-state index in [4.69, 9.17) is 0 Å². The molecule has 0 radical (unpaired) electrons. The molecule has 3 heteroatoms. The van der Waals surface area contributed by atoms with Gasteiger partial charge < -0.3 is 10.2 Å². The van der Waals surface area contributed by atoms with Crippen LogP contribution in [0.5, 0.6) is 0 Å². The Morgan fingerprint density at radius 1 is 1.20 bits per heavy atom. The summed E-state index contributed by atoms with van der Waals surface area (Å²) in [6, 6.07) is 0.134. The summed E-state index contributed by atoms with van der Waals surface area (Å²) in [6.45, 7) is 4.97. The van der Waals surface area contributed by atoms with Crippen LogP contribution in [0.3, 0.4) is 0 Å². The van der Waals surface area contributed by atoms with E-state index in [2.05, 4.69) is 12.2 Å². The maximum atomic E-state index is 11.4. The second-order valence-electron chi connectivity index (χ2n) is 4.34. The third kappa shape index (κ3) is 5.05. The smallest absolute Gasteiger partial charge is 0.317 e. The van der Waals surface area contributed by atoms with E-state index in [0.717, 1.165) is 32.5 Å². The van der Waals surface area contributed by atoms with Crippen molar-refractivity contribution >= 4 is 6.03 Å². The minimum absolute atomic E-state index is 0.134. The van der Waals surface area contributed by atoms with Gasteiger partial charge in [0.05, 0.1) is 0 Å². The van der Waals surface area contributed by atoms with Crippen molar-refractivity contribution in [2.45, 2.75) is 51.9 Å². The lowest BCUT2D eigenvalue weighted by Gasteiger charge is -2.27. The molecule has 0 aromatic rings. The normalized spacial score (nSPS) is 16.6. The van der Waals surface area contributed by atoms with E-state index < -0.39 is 0 Å². The number of unbranched alkanes of at least 4 members (excludes halogenated alkanes) is 5. The van der Waals surface area contributed by atoms with Gasteiger partial charge in [-0.15, -0.1) is 0 Å². The van der Waals surface area contributed by atoms with Crippen LogP contribution in [-0.2, 0) is 0 Å². The lowest BCUT2D eigenvalue weighted by Crippen LogP contribution is -2.46. The Morgan fingerprint density at radius 2 is 1.93 bits per heavy atom. The predicted molar refractivity (Wildman–Crippen MR) is 63.0 cm³/mol. The summed E-state index contributed by atoms with van der Waals surface area (Å²) in [5.74, 6) is 0. The summed E-state index contributed by atoms with van der Waals surface area (Å²) in [6.07, 6.45) is 8.85. The number of hydrogen-bond donors (Lipinski definition) is 1. The molecule has 1 aliphatic heterocycles. The maximum Gasteiger partial charge on any atom is 0.317 e. The number of amides is 2. The van der Waals surface area contributed by atoms with E-state index in [9.17, 15) is 4.79 Å². The highest BCUT2D eigenvalue weighted by atomic mass is 16.2. The Morgan fingerprint density at radius 3 is 2.67 bits per heavy atom. The van der Waals surface area contributed by atoms with Crippen LogP contribution in [0.2, 0.25) is 0 Å². The molecule has 0 bridgehead atoms. The van der Waals surface area contributed by atoms with Crippen LogP contribution in [0, 0.1) is 0 Å². The Hall–Kier alpha value is -0.730. The SMILES string of the molecule is CCCCCCCCN1CCCNC1=O. The molecule has 0 unspecified atom stereocenters. The largest absolute Gasteiger partial charge is 0.338 e. The zero-order chi connectivity index (χ0) is 10.9. The zero-order valence-electron chi connectivity index (χ0n) is 9.93. The zero-order valence-corrected chi connectivity index (χ0v) is 9.93. The van der Waals surface area contributed by atoms with Gasteiger partial charge in [0.2, 0.25) is 0 Å². The van der Waals surface area contributed by atoms with Crippen LogP contribution >= 0.6 is 0 Å². The second kappa shape index (κ2) is 7.55. The van der Waals surface area contributed by atoms with Crippen molar-refractivity contribution in [2.24, 2.45) is 0 Å². The molecule has 88 valence electrons. The molecular formula is C12H24N2O. The third-order valence-electron chi connectivity index (χ3n) is 2.95. The summed E-state index contributed by atoms with van der Waals surface area (Å²) >= 11 is 0. The first-order chi connectivity index (χ1) is 7.34. The molecule has 1 saturated heterocycles. The van der Waals surface area contributed by atoms with Crippen molar-refractivity contribution < 1.29 is 4.79 Å². The minimum Gasteiger partial charge on any atom is -0.338 e. The Labute approximate surface area is 93.2 Å². The topological polar surface area (TPSA) is 32.3 Å². The van der Waals surface area contributed by atoms with Crippen LogP contribution in [0.4, 0.5) is 4.79 Å². The van der Waals surface area contributed by atoms with Crippen molar-refractivity contribution in [3.63, 3.8) is 0 Å². The number of carbonyl (C=O) groups is 1. The molecule has 1 N–H and O–H groups in total. The van der Waals surface area contributed by atoms with Gasteiger partial charge in [0.15, 0.2) is 0 Å². The fourth-order valence-corrected chi connectivity index (χ4v) is 1.97. The van der Waals surface area contributed by atoms with Crippen LogP contribution in [0.15, 0.2) is 0 Å². The van der Waals surface area contributed by atoms with E-state index in [1.54, 1.807) is 0 Å². The van der Waals surface area contributed by atoms with Crippen LogP contribution < -0.4 is 5.32 Å². The summed E-state index contributed by atoms with van der Waals surface area (Å²) in [5.41, 5.74) is 0. The van der Waals surface area contributed by atoms with Gasteiger partial charge in [0.25, 0.3) is 0 Å². The van der Waals surface area contributed by atoms with E-state index in [0.29, 0.717) is 0 Å². The highest BCUT2D eigenvalue weighted by Gasteiger charge is 2.15. The minimum atomic E-state index is 0.134. The number of nitrogens with zero attached hydrogens (tertiary/aromatic N) is 1. The van der Waals surface area contributed by atoms with Crippen molar-refractivity contribution in [3.05, 3.63) is 0 Å². The summed E-state index contributed by atoms with van der Waals surface area (Å²) in [7, 11) is 0. The maximum absolute atomic E-state index is 11.4. The van der Waals surface area contributed by atoms with Gasteiger partial charge in [-0.2, -0.15) is 0 Å². The first-order valence-electron chi connectivity index (χ1n) is 6.37. The van der Waals surface area contributed by atoms with Gasteiger partial charge in [-0.05, 0) is 12.8 Å². The van der Waals surface area contributed by atoms with E-state index in [1.807, 2.05) is 4.90 Å². The molecule has 2 amide bonds. The van der Waals surface area contributed by atoms with Gasteiger partial charge in [-0.3, -0.25) is 0 Å². The van der Waals surface area contributed by atoms with Crippen molar-refractivity contribution in [1.29, 1.82) is 0 Å². The van der Waals surface area contributed by atoms with Crippen molar-refractivity contribution in [1.82, 2.24) is 10.2 Å². The van der Waals surface area contributed by atoms with Gasteiger partial charge in [-0.1, -0.05) is 39.0 Å². The number of rotatable bonds is 7. The van der Waals surface area contributed by atoms with Crippen molar-refractivity contribution in [3.8, 4) is 0 Å². The number of nitrogens with one attached hydrogen (secondary N) is 1. The summed E-state index contributed by atoms with van der Waals surface area (Å²) < 4.78 is 0. The molecule has 0 spiro atoms. The van der Waals surface area contributed by atoms with Crippen LogP contribution in [0.25, 0.3) is 0 Å². The Bertz CT molecular complexity index is 182. The lowest BCUT2D eigenvalue weighted by atomic mass is 10.1. The highest BCUT2D eigenvalue weighted by Crippen LogP contribution is 2.07. The molecule has 0 atom stereocenters. The van der Waals surface area contributed by atoms with Crippen molar-refractivity contribution in [2.75, 3.05) is 19.6 Å². The fourth-order valence-electron chi connectivity index (χ4n) is 1.97. The molecule has 0 aliphatic carbocycles. The molecule has 15 heavy (non-hydrogen) atoms. The molecule has 3 nitrogen and oxygen atoms in total. The molecule has 0 saturated carbocycles. The number of urea groups is 1. The average Bonchev–Trinajstić information content (AvgIpc) is 2.25. The molecule has 1 aliphatic rings. The number of carbonyl (C=O) groups excluding carboxylic acids is 1. The average molecular weight is 212 g/mol. The Balaban J connectivity index is 1.96. The van der Waals surface area contributed by atoms with Crippen LogP contribution in [-0.4, -0.2) is 30.6 Å². The number of hydrogen-bond acceptors (Lipinski definition) is 1. The van der Waals surface area contributed by atoms with Gasteiger partial charge in [0.1, 0.15) is 0 Å². The lowest BCUT2D eigenvalue weighted by molar-refractivity contribution is 0.185.